The van der Waals surface area contributed by atoms with Crippen LogP contribution in [0.2, 0.25) is 0 Å². The second-order valence-electron chi connectivity index (χ2n) is 8.22. The molecule has 1 aromatic rings. The summed E-state index contributed by atoms with van der Waals surface area (Å²) in [6.45, 7) is 6.88. The molecule has 158 valence electrons. The van der Waals surface area contributed by atoms with Crippen LogP contribution >= 0.6 is 0 Å². The van der Waals surface area contributed by atoms with Crippen LogP contribution < -0.4 is 10.6 Å². The second-order valence-corrected chi connectivity index (χ2v) is 8.22. The topological polar surface area (TPSA) is 104 Å². The Kier molecular flexibility index (Phi) is 5.12. The van der Waals surface area contributed by atoms with Crippen LogP contribution in [0, 0.1) is 0 Å². The highest BCUT2D eigenvalue weighted by Crippen LogP contribution is 2.44. The average Bonchev–Trinajstić information content (AvgIpc) is 3.13. The summed E-state index contributed by atoms with van der Waals surface area (Å²) < 4.78 is 29.4. The van der Waals surface area contributed by atoms with Crippen molar-refractivity contribution >= 4 is 17.5 Å². The SMILES string of the molecule is CC1(C)OC2OC(C(=O)NCC(=O)Nc3ccccc3)C3OC(C)(C)OC3C2O1. The van der Waals surface area contributed by atoms with Crippen LogP contribution in [0.4, 0.5) is 5.69 Å². The number of benzene rings is 1. The molecule has 0 aromatic heterocycles. The zero-order chi connectivity index (χ0) is 20.8. The van der Waals surface area contributed by atoms with Crippen molar-refractivity contribution in [1.29, 1.82) is 0 Å². The molecular formula is C20H26N2O7. The number of anilines is 1. The van der Waals surface area contributed by atoms with Gasteiger partial charge in [-0.15, -0.1) is 0 Å². The van der Waals surface area contributed by atoms with Crippen molar-refractivity contribution in [3.8, 4) is 0 Å². The van der Waals surface area contributed by atoms with Crippen LogP contribution in [0.25, 0.3) is 0 Å². The summed E-state index contributed by atoms with van der Waals surface area (Å²) in [6, 6.07) is 9.00. The Morgan fingerprint density at radius 2 is 1.52 bits per heavy atom. The minimum Gasteiger partial charge on any atom is -0.345 e. The van der Waals surface area contributed by atoms with Crippen LogP contribution in [0.5, 0.6) is 0 Å². The van der Waals surface area contributed by atoms with Crippen molar-refractivity contribution in [3.63, 3.8) is 0 Å². The van der Waals surface area contributed by atoms with Gasteiger partial charge in [-0.1, -0.05) is 18.2 Å². The smallest absolute Gasteiger partial charge is 0.252 e. The monoisotopic (exact) mass is 406 g/mol. The third-order valence-electron chi connectivity index (χ3n) is 4.89. The second kappa shape index (κ2) is 7.33. The van der Waals surface area contributed by atoms with Gasteiger partial charge in [0.25, 0.3) is 5.91 Å². The Balaban J connectivity index is 1.41. The summed E-state index contributed by atoms with van der Waals surface area (Å²) in [5, 5.41) is 5.32. The number of nitrogens with one attached hydrogen (secondary N) is 2. The van der Waals surface area contributed by atoms with Gasteiger partial charge in [0.1, 0.15) is 18.3 Å². The van der Waals surface area contributed by atoms with E-state index in [2.05, 4.69) is 10.6 Å². The third-order valence-corrected chi connectivity index (χ3v) is 4.89. The number of hydrogen-bond acceptors (Lipinski definition) is 7. The number of ether oxygens (including phenoxy) is 5. The van der Waals surface area contributed by atoms with Gasteiger partial charge in [-0.2, -0.15) is 0 Å². The average molecular weight is 406 g/mol. The Hall–Kier alpha value is -2.04. The highest BCUT2D eigenvalue weighted by Gasteiger charge is 2.62. The van der Waals surface area contributed by atoms with E-state index < -0.39 is 48.2 Å². The summed E-state index contributed by atoms with van der Waals surface area (Å²) in [6.07, 6.45) is -3.48. The molecule has 5 unspecified atom stereocenters. The summed E-state index contributed by atoms with van der Waals surface area (Å²) >= 11 is 0. The molecule has 3 saturated heterocycles. The van der Waals surface area contributed by atoms with Gasteiger partial charge in [0.05, 0.1) is 6.54 Å². The lowest BCUT2D eigenvalue weighted by Gasteiger charge is -2.36. The van der Waals surface area contributed by atoms with Gasteiger partial charge in [0, 0.05) is 5.69 Å². The molecule has 5 atom stereocenters. The van der Waals surface area contributed by atoms with E-state index in [-0.39, 0.29) is 12.5 Å². The molecule has 9 heteroatoms. The van der Waals surface area contributed by atoms with Crippen LogP contribution in [0.1, 0.15) is 27.7 Å². The van der Waals surface area contributed by atoms with Gasteiger partial charge in [0.2, 0.25) is 5.91 Å². The zero-order valence-corrected chi connectivity index (χ0v) is 16.8. The van der Waals surface area contributed by atoms with Crippen molar-refractivity contribution in [1.82, 2.24) is 5.32 Å². The van der Waals surface area contributed by atoms with Crippen molar-refractivity contribution in [2.24, 2.45) is 0 Å². The number of amides is 2. The van der Waals surface area contributed by atoms with Gasteiger partial charge in [-0.3, -0.25) is 9.59 Å². The Bertz CT molecular complexity index is 782. The first-order chi connectivity index (χ1) is 13.6. The molecule has 1 aromatic carbocycles. The van der Waals surface area contributed by atoms with Gasteiger partial charge in [-0.05, 0) is 39.8 Å². The molecule has 0 aliphatic carbocycles. The van der Waals surface area contributed by atoms with E-state index in [0.717, 1.165) is 0 Å². The molecule has 3 aliphatic heterocycles. The molecule has 9 nitrogen and oxygen atoms in total. The van der Waals surface area contributed by atoms with Crippen molar-refractivity contribution in [3.05, 3.63) is 30.3 Å². The number of para-hydroxylation sites is 1. The maximum Gasteiger partial charge on any atom is 0.252 e. The highest BCUT2D eigenvalue weighted by atomic mass is 16.9. The first-order valence-electron chi connectivity index (χ1n) is 9.63. The standard InChI is InChI=1S/C20H26N2O7/c1-19(2)26-13-14(27-19)16-18(29-20(3,4)28-16)25-15(13)17(24)21-10-12(23)22-11-8-6-5-7-9-11/h5-9,13-16,18H,10H2,1-4H3,(H,21,24)(H,22,23). The summed E-state index contributed by atoms with van der Waals surface area (Å²) in [5.41, 5.74) is 0.650. The molecule has 0 spiro atoms. The first-order valence-corrected chi connectivity index (χ1v) is 9.63. The number of carbonyl (C=O) groups is 2. The fourth-order valence-corrected chi connectivity index (χ4v) is 3.82. The summed E-state index contributed by atoms with van der Waals surface area (Å²) in [4.78, 5) is 24.9. The molecule has 3 heterocycles. The first kappa shape index (κ1) is 20.2. The molecular weight excluding hydrogens is 380 g/mol. The summed E-state index contributed by atoms with van der Waals surface area (Å²) in [5.74, 6) is -2.58. The maximum absolute atomic E-state index is 12.8. The number of rotatable bonds is 4. The van der Waals surface area contributed by atoms with Crippen molar-refractivity contribution in [2.45, 2.75) is 70.0 Å². The lowest BCUT2D eigenvalue weighted by atomic mass is 9.98. The van der Waals surface area contributed by atoms with E-state index in [1.807, 2.05) is 18.2 Å². The van der Waals surface area contributed by atoms with E-state index in [0.29, 0.717) is 5.69 Å². The Morgan fingerprint density at radius 1 is 0.897 bits per heavy atom. The minimum atomic E-state index is -0.995. The quantitative estimate of drug-likeness (QED) is 0.773. The fraction of sp³-hybridized carbons (Fsp3) is 0.600. The zero-order valence-electron chi connectivity index (χ0n) is 16.8. The van der Waals surface area contributed by atoms with Crippen LogP contribution in [-0.2, 0) is 33.3 Å². The van der Waals surface area contributed by atoms with Crippen LogP contribution in [-0.4, -0.2) is 60.6 Å². The number of carbonyl (C=O) groups excluding carboxylic acids is 2. The van der Waals surface area contributed by atoms with Crippen molar-refractivity contribution < 1.29 is 33.3 Å². The molecule has 2 N–H and O–H groups in total. The van der Waals surface area contributed by atoms with E-state index in [4.69, 9.17) is 23.7 Å². The van der Waals surface area contributed by atoms with Crippen LogP contribution in [0.3, 0.4) is 0 Å². The Labute approximate surface area is 169 Å². The van der Waals surface area contributed by atoms with Gasteiger partial charge >= 0.3 is 0 Å². The molecule has 0 bridgehead atoms. The van der Waals surface area contributed by atoms with E-state index in [9.17, 15) is 9.59 Å². The predicted octanol–water partition coefficient (Wildman–Crippen LogP) is 1.14. The minimum absolute atomic E-state index is 0.202. The fourth-order valence-electron chi connectivity index (χ4n) is 3.82. The van der Waals surface area contributed by atoms with Gasteiger partial charge in [0.15, 0.2) is 24.0 Å². The molecule has 0 saturated carbocycles. The van der Waals surface area contributed by atoms with Crippen molar-refractivity contribution in [2.75, 3.05) is 11.9 Å². The predicted molar refractivity (Wildman–Crippen MR) is 101 cm³/mol. The normalized spacial score (nSPS) is 34.1. The lowest BCUT2D eigenvalue weighted by Crippen LogP contribution is -2.59. The molecule has 0 radical (unpaired) electrons. The third kappa shape index (κ3) is 4.29. The molecule has 4 rings (SSSR count). The van der Waals surface area contributed by atoms with E-state index in [1.54, 1.807) is 39.8 Å². The highest BCUT2D eigenvalue weighted by molar-refractivity contribution is 5.95. The number of hydrogen-bond donors (Lipinski definition) is 2. The number of fused-ring (bicyclic) bond motifs is 3. The molecule has 29 heavy (non-hydrogen) atoms. The maximum atomic E-state index is 12.8. The van der Waals surface area contributed by atoms with Crippen LogP contribution in [0.15, 0.2) is 30.3 Å². The van der Waals surface area contributed by atoms with E-state index in [1.165, 1.54) is 0 Å². The summed E-state index contributed by atoms with van der Waals surface area (Å²) in [7, 11) is 0. The Morgan fingerprint density at radius 3 is 2.24 bits per heavy atom. The van der Waals surface area contributed by atoms with Gasteiger partial charge in [-0.25, -0.2) is 0 Å². The molecule has 3 fully saturated rings. The molecule has 2 amide bonds. The molecule has 3 aliphatic rings. The van der Waals surface area contributed by atoms with Gasteiger partial charge < -0.3 is 34.3 Å². The van der Waals surface area contributed by atoms with E-state index >= 15 is 0 Å². The lowest BCUT2D eigenvalue weighted by molar-refractivity contribution is -0.231. The largest absolute Gasteiger partial charge is 0.345 e.